The zero-order valence-corrected chi connectivity index (χ0v) is 12.0. The highest BCUT2D eigenvalue weighted by atomic mass is 16.8. The molecule has 4 unspecified atom stereocenters. The molecule has 5 heteroatoms. The minimum Gasteiger partial charge on any atom is -0.353 e. The molecule has 0 aliphatic carbocycles. The molecule has 2 rings (SSSR count). The highest BCUT2D eigenvalue weighted by Gasteiger charge is 2.21. The second-order valence-corrected chi connectivity index (χ2v) is 5.14. The van der Waals surface area contributed by atoms with Crippen molar-refractivity contribution in [3.05, 3.63) is 0 Å². The van der Waals surface area contributed by atoms with Gasteiger partial charge in [-0.25, -0.2) is 0 Å². The van der Waals surface area contributed by atoms with E-state index in [0.29, 0.717) is 0 Å². The molecule has 0 amide bonds. The van der Waals surface area contributed by atoms with Crippen LogP contribution in [-0.4, -0.2) is 38.4 Å². The normalized spacial score (nSPS) is 31.9. The third-order valence-corrected chi connectivity index (χ3v) is 3.35. The van der Waals surface area contributed by atoms with Gasteiger partial charge in [0, 0.05) is 13.2 Å². The van der Waals surface area contributed by atoms with E-state index in [2.05, 4.69) is 0 Å². The molecule has 0 radical (unpaired) electrons. The van der Waals surface area contributed by atoms with Crippen LogP contribution in [0.1, 0.15) is 52.4 Å². The average Bonchev–Trinajstić information content (AvgIpc) is 2.40. The Morgan fingerprint density at radius 1 is 0.789 bits per heavy atom. The molecule has 0 aromatic carbocycles. The highest BCUT2D eigenvalue weighted by Crippen LogP contribution is 2.19. The molecule has 0 saturated carbocycles. The second-order valence-electron chi connectivity index (χ2n) is 5.14. The molecule has 5 nitrogen and oxygen atoms in total. The van der Waals surface area contributed by atoms with Crippen LogP contribution in [0.3, 0.4) is 0 Å². The molecule has 0 aromatic rings. The van der Waals surface area contributed by atoms with Crippen LogP contribution in [0.15, 0.2) is 0 Å². The van der Waals surface area contributed by atoms with E-state index in [0.717, 1.165) is 51.7 Å². The predicted molar refractivity (Wildman–Crippen MR) is 69.4 cm³/mol. The minimum absolute atomic E-state index is 0.137. The van der Waals surface area contributed by atoms with Crippen LogP contribution < -0.4 is 0 Å². The lowest BCUT2D eigenvalue weighted by atomic mass is 10.2. The van der Waals surface area contributed by atoms with Crippen LogP contribution in [0, 0.1) is 0 Å². The molecule has 19 heavy (non-hydrogen) atoms. The van der Waals surface area contributed by atoms with Gasteiger partial charge in [-0.1, -0.05) is 0 Å². The summed E-state index contributed by atoms with van der Waals surface area (Å²) in [5.41, 5.74) is 0. The fourth-order valence-corrected chi connectivity index (χ4v) is 2.40. The molecule has 2 aliphatic rings. The topological polar surface area (TPSA) is 46.2 Å². The first-order chi connectivity index (χ1) is 9.24. The number of hydrogen-bond acceptors (Lipinski definition) is 5. The summed E-state index contributed by atoms with van der Waals surface area (Å²) in [5.74, 6) is 0. The number of ether oxygens (including phenoxy) is 5. The monoisotopic (exact) mass is 274 g/mol. The molecule has 112 valence electrons. The Labute approximate surface area is 115 Å². The third-order valence-electron chi connectivity index (χ3n) is 3.35. The Hall–Kier alpha value is -0.200. The van der Waals surface area contributed by atoms with Crippen molar-refractivity contribution in [2.24, 2.45) is 0 Å². The fourth-order valence-electron chi connectivity index (χ4n) is 2.40. The Morgan fingerprint density at radius 2 is 1.26 bits per heavy atom. The molecule has 2 saturated heterocycles. The van der Waals surface area contributed by atoms with E-state index in [-0.39, 0.29) is 25.2 Å². The number of hydrogen-bond donors (Lipinski definition) is 0. The van der Waals surface area contributed by atoms with E-state index in [1.807, 2.05) is 13.8 Å². The molecular weight excluding hydrogens is 248 g/mol. The second kappa shape index (κ2) is 8.17. The lowest BCUT2D eigenvalue weighted by Crippen LogP contribution is -2.33. The van der Waals surface area contributed by atoms with Crippen molar-refractivity contribution in [3.8, 4) is 0 Å². The Kier molecular flexibility index (Phi) is 6.53. The Morgan fingerprint density at radius 3 is 1.63 bits per heavy atom. The lowest BCUT2D eigenvalue weighted by Gasteiger charge is -2.29. The van der Waals surface area contributed by atoms with Crippen molar-refractivity contribution in [1.29, 1.82) is 0 Å². The van der Waals surface area contributed by atoms with Gasteiger partial charge in [-0.05, 0) is 52.4 Å². The maximum atomic E-state index is 5.69. The first-order valence-electron chi connectivity index (χ1n) is 7.43. The van der Waals surface area contributed by atoms with E-state index in [4.69, 9.17) is 23.7 Å². The summed E-state index contributed by atoms with van der Waals surface area (Å²) in [4.78, 5) is 0. The third kappa shape index (κ3) is 5.75. The van der Waals surface area contributed by atoms with Crippen LogP contribution in [0.5, 0.6) is 0 Å². The van der Waals surface area contributed by atoms with Gasteiger partial charge in [0.1, 0.15) is 0 Å². The minimum atomic E-state index is -0.332. The fraction of sp³-hybridized carbons (Fsp3) is 1.00. The van der Waals surface area contributed by atoms with E-state index in [9.17, 15) is 0 Å². The van der Waals surface area contributed by atoms with Gasteiger partial charge in [0.05, 0.1) is 0 Å². The maximum absolute atomic E-state index is 5.69. The average molecular weight is 274 g/mol. The van der Waals surface area contributed by atoms with Gasteiger partial charge >= 0.3 is 0 Å². The first-order valence-corrected chi connectivity index (χ1v) is 7.43. The summed E-state index contributed by atoms with van der Waals surface area (Å²) >= 11 is 0. The SMILES string of the molecule is CC(OC(C)OC1CCCCO1)OC1CCCCO1. The van der Waals surface area contributed by atoms with Crippen molar-refractivity contribution in [2.75, 3.05) is 13.2 Å². The summed E-state index contributed by atoms with van der Waals surface area (Å²) in [6.45, 7) is 5.30. The quantitative estimate of drug-likeness (QED) is 0.697. The zero-order valence-electron chi connectivity index (χ0n) is 12.0. The van der Waals surface area contributed by atoms with E-state index in [1.54, 1.807) is 0 Å². The van der Waals surface area contributed by atoms with Gasteiger partial charge in [-0.15, -0.1) is 0 Å². The summed E-state index contributed by atoms with van der Waals surface area (Å²) in [5, 5.41) is 0. The van der Waals surface area contributed by atoms with E-state index < -0.39 is 0 Å². The van der Waals surface area contributed by atoms with Gasteiger partial charge in [-0.3, -0.25) is 0 Å². The van der Waals surface area contributed by atoms with E-state index >= 15 is 0 Å². The van der Waals surface area contributed by atoms with Crippen LogP contribution in [0.4, 0.5) is 0 Å². The van der Waals surface area contributed by atoms with Crippen molar-refractivity contribution in [3.63, 3.8) is 0 Å². The largest absolute Gasteiger partial charge is 0.353 e. The first kappa shape index (κ1) is 15.2. The summed E-state index contributed by atoms with van der Waals surface area (Å²) in [6.07, 6.45) is 5.48. The van der Waals surface area contributed by atoms with Gasteiger partial charge < -0.3 is 23.7 Å². The lowest BCUT2D eigenvalue weighted by molar-refractivity contribution is -0.318. The maximum Gasteiger partial charge on any atom is 0.161 e. The molecule has 2 fully saturated rings. The van der Waals surface area contributed by atoms with Crippen LogP contribution in [0.25, 0.3) is 0 Å². The van der Waals surface area contributed by atoms with Crippen LogP contribution in [-0.2, 0) is 23.7 Å². The molecule has 2 heterocycles. The van der Waals surface area contributed by atoms with Gasteiger partial charge in [0.15, 0.2) is 25.2 Å². The molecular formula is C14H26O5. The van der Waals surface area contributed by atoms with Crippen molar-refractivity contribution in [2.45, 2.75) is 77.5 Å². The van der Waals surface area contributed by atoms with Gasteiger partial charge in [0.25, 0.3) is 0 Å². The molecule has 0 N–H and O–H groups in total. The van der Waals surface area contributed by atoms with E-state index in [1.165, 1.54) is 0 Å². The van der Waals surface area contributed by atoms with Crippen molar-refractivity contribution >= 4 is 0 Å². The summed E-state index contributed by atoms with van der Waals surface area (Å²) in [7, 11) is 0. The zero-order chi connectivity index (χ0) is 13.5. The Balaban J connectivity index is 1.61. The van der Waals surface area contributed by atoms with Crippen molar-refractivity contribution in [1.82, 2.24) is 0 Å². The molecule has 0 bridgehead atoms. The Bertz CT molecular complexity index is 212. The van der Waals surface area contributed by atoms with Crippen molar-refractivity contribution < 1.29 is 23.7 Å². The van der Waals surface area contributed by atoms with Gasteiger partial charge in [-0.2, -0.15) is 0 Å². The predicted octanol–water partition coefficient (Wildman–Crippen LogP) is 2.78. The van der Waals surface area contributed by atoms with Gasteiger partial charge in [0.2, 0.25) is 0 Å². The number of rotatable bonds is 6. The molecule has 4 atom stereocenters. The summed E-state index contributed by atoms with van der Waals surface area (Å²) in [6, 6.07) is 0. The molecule has 2 aliphatic heterocycles. The van der Waals surface area contributed by atoms with Crippen LogP contribution in [0.2, 0.25) is 0 Å². The smallest absolute Gasteiger partial charge is 0.161 e. The highest BCUT2D eigenvalue weighted by molar-refractivity contribution is 4.56. The summed E-state index contributed by atoms with van der Waals surface area (Å²) < 4.78 is 28.0. The molecule has 0 aromatic heterocycles. The molecule has 0 spiro atoms. The van der Waals surface area contributed by atoms with Crippen LogP contribution >= 0.6 is 0 Å². The standard InChI is InChI=1S/C14H26O5/c1-11(18-13-7-3-5-9-15-13)17-12(2)19-14-8-4-6-10-16-14/h11-14H,3-10H2,1-2H3.